The third-order valence-electron chi connectivity index (χ3n) is 4.01. The molecule has 3 rings (SSSR count). The van der Waals surface area contributed by atoms with Crippen LogP contribution in [0, 0.1) is 0 Å². The van der Waals surface area contributed by atoms with Gasteiger partial charge in [-0.2, -0.15) is 4.98 Å². The predicted molar refractivity (Wildman–Crippen MR) is 87.0 cm³/mol. The van der Waals surface area contributed by atoms with Crippen LogP contribution in [-0.4, -0.2) is 34.2 Å². The van der Waals surface area contributed by atoms with Crippen LogP contribution in [0.4, 0.5) is 4.79 Å². The topological polar surface area (TPSA) is 80.5 Å². The zero-order chi connectivity index (χ0) is 16.8. The maximum Gasteiger partial charge on any atom is 0.318 e. The van der Waals surface area contributed by atoms with Crippen molar-refractivity contribution < 1.29 is 14.1 Å². The van der Waals surface area contributed by atoms with Crippen molar-refractivity contribution in [3.8, 4) is 0 Å². The van der Waals surface area contributed by atoms with E-state index >= 15 is 0 Å². The lowest BCUT2D eigenvalue weighted by Crippen LogP contribution is -2.39. The van der Waals surface area contributed by atoms with E-state index in [2.05, 4.69) is 15.5 Å². The average molecular weight is 330 g/mol. The molecule has 0 bridgehead atoms. The molecule has 0 spiro atoms. The van der Waals surface area contributed by atoms with Gasteiger partial charge in [0, 0.05) is 19.7 Å². The number of carbonyl (C=O) groups is 1. The van der Waals surface area contributed by atoms with Crippen molar-refractivity contribution in [3.05, 3.63) is 47.6 Å². The number of amides is 2. The van der Waals surface area contributed by atoms with Gasteiger partial charge in [-0.05, 0) is 25.3 Å². The van der Waals surface area contributed by atoms with Crippen LogP contribution in [0.15, 0.2) is 34.9 Å². The summed E-state index contributed by atoms with van der Waals surface area (Å²) in [6, 6.07) is 9.61. The Labute approximate surface area is 141 Å². The Kier molecular flexibility index (Phi) is 5.43. The highest BCUT2D eigenvalue weighted by Gasteiger charge is 2.33. The summed E-state index contributed by atoms with van der Waals surface area (Å²) in [6.45, 7) is 4.00. The van der Waals surface area contributed by atoms with Gasteiger partial charge in [0.2, 0.25) is 0 Å². The fraction of sp³-hybridized carbons (Fsp3) is 0.471. The smallest absolute Gasteiger partial charge is 0.318 e. The number of urea groups is 1. The first-order chi connectivity index (χ1) is 11.8. The van der Waals surface area contributed by atoms with E-state index in [-0.39, 0.29) is 12.1 Å². The van der Waals surface area contributed by atoms with Crippen molar-refractivity contribution in [1.29, 1.82) is 0 Å². The number of ether oxygens (including phenoxy) is 1. The summed E-state index contributed by atoms with van der Waals surface area (Å²) in [4.78, 5) is 18.6. The second-order valence-electron chi connectivity index (χ2n) is 5.68. The van der Waals surface area contributed by atoms with Crippen molar-refractivity contribution in [2.24, 2.45) is 0 Å². The summed E-state index contributed by atoms with van der Waals surface area (Å²) in [5.41, 5.74) is 1.07. The Bertz CT molecular complexity index is 659. The molecule has 1 aromatic carbocycles. The van der Waals surface area contributed by atoms with E-state index in [0.29, 0.717) is 38.0 Å². The standard InChI is InChI=1S/C17H22N4O3/c1-2-23-12-15-19-16(20-24-15)14-9-6-10-21(14)17(22)18-11-13-7-4-3-5-8-13/h3-5,7-8,14H,2,6,9-12H2,1H3,(H,18,22). The van der Waals surface area contributed by atoms with Gasteiger partial charge >= 0.3 is 6.03 Å². The van der Waals surface area contributed by atoms with Crippen LogP contribution in [0.1, 0.15) is 43.1 Å². The monoisotopic (exact) mass is 330 g/mol. The molecule has 2 amide bonds. The summed E-state index contributed by atoms with van der Waals surface area (Å²) in [5, 5.41) is 6.97. The Balaban J connectivity index is 1.60. The second-order valence-corrected chi connectivity index (χ2v) is 5.68. The van der Waals surface area contributed by atoms with Crippen molar-refractivity contribution in [3.63, 3.8) is 0 Å². The molecule has 1 aliphatic rings. The van der Waals surface area contributed by atoms with E-state index in [9.17, 15) is 4.79 Å². The maximum absolute atomic E-state index is 12.5. The van der Waals surface area contributed by atoms with Gasteiger partial charge in [0.05, 0.1) is 6.04 Å². The van der Waals surface area contributed by atoms with Gasteiger partial charge in [-0.15, -0.1) is 0 Å². The molecule has 128 valence electrons. The number of nitrogens with zero attached hydrogens (tertiary/aromatic N) is 3. The fourth-order valence-electron chi connectivity index (χ4n) is 2.80. The number of likely N-dealkylation sites (tertiary alicyclic amines) is 1. The van der Waals surface area contributed by atoms with Gasteiger partial charge in [0.15, 0.2) is 5.82 Å². The predicted octanol–water partition coefficient (Wildman–Crippen LogP) is 2.65. The van der Waals surface area contributed by atoms with Gasteiger partial charge < -0.3 is 19.5 Å². The Morgan fingerprint density at radius 1 is 1.42 bits per heavy atom. The first kappa shape index (κ1) is 16.4. The zero-order valence-corrected chi connectivity index (χ0v) is 13.8. The molecule has 24 heavy (non-hydrogen) atoms. The third kappa shape index (κ3) is 3.91. The largest absolute Gasteiger partial charge is 0.372 e. The molecule has 1 saturated heterocycles. The van der Waals surface area contributed by atoms with Crippen LogP contribution in [0.25, 0.3) is 0 Å². The quantitative estimate of drug-likeness (QED) is 0.880. The highest BCUT2D eigenvalue weighted by atomic mass is 16.5. The lowest BCUT2D eigenvalue weighted by molar-refractivity contribution is 0.109. The van der Waals surface area contributed by atoms with Crippen LogP contribution in [0.2, 0.25) is 0 Å². The number of rotatable bonds is 6. The molecule has 0 saturated carbocycles. The minimum absolute atomic E-state index is 0.0995. The van der Waals surface area contributed by atoms with Crippen LogP contribution < -0.4 is 5.32 Å². The molecule has 0 aliphatic carbocycles. The molecule has 1 N–H and O–H groups in total. The molecule has 1 aliphatic heterocycles. The van der Waals surface area contributed by atoms with Gasteiger partial charge in [0.1, 0.15) is 6.61 Å². The molecule has 0 radical (unpaired) electrons. The van der Waals surface area contributed by atoms with Gasteiger partial charge in [-0.3, -0.25) is 0 Å². The minimum atomic E-state index is -0.139. The van der Waals surface area contributed by atoms with Gasteiger partial charge in [-0.1, -0.05) is 35.5 Å². The Hall–Kier alpha value is -2.41. The van der Waals surface area contributed by atoms with Gasteiger partial charge in [-0.25, -0.2) is 4.79 Å². The summed E-state index contributed by atoms with van der Waals surface area (Å²) >= 11 is 0. The van der Waals surface area contributed by atoms with Gasteiger partial charge in [0.25, 0.3) is 5.89 Å². The zero-order valence-electron chi connectivity index (χ0n) is 13.8. The fourth-order valence-corrected chi connectivity index (χ4v) is 2.80. The normalized spacial score (nSPS) is 17.2. The van der Waals surface area contributed by atoms with Crippen molar-refractivity contribution >= 4 is 6.03 Å². The van der Waals surface area contributed by atoms with E-state index in [0.717, 1.165) is 18.4 Å². The molecule has 1 fully saturated rings. The summed E-state index contributed by atoms with van der Waals surface area (Å²) < 4.78 is 10.5. The molecule has 1 atom stereocenters. The van der Waals surface area contributed by atoms with Crippen LogP contribution in [-0.2, 0) is 17.9 Å². The molecule has 1 unspecified atom stereocenters. The number of carbonyl (C=O) groups excluding carboxylic acids is 1. The summed E-state index contributed by atoms with van der Waals surface area (Å²) in [7, 11) is 0. The number of benzene rings is 1. The molecular weight excluding hydrogens is 308 g/mol. The lowest BCUT2D eigenvalue weighted by Gasteiger charge is -2.22. The van der Waals surface area contributed by atoms with E-state index in [1.807, 2.05) is 37.3 Å². The molecule has 2 aromatic rings. The number of aromatic nitrogens is 2. The summed E-state index contributed by atoms with van der Waals surface area (Å²) in [6.07, 6.45) is 1.77. The highest BCUT2D eigenvalue weighted by Crippen LogP contribution is 2.30. The molecule has 1 aromatic heterocycles. The molecule has 2 heterocycles. The lowest BCUT2D eigenvalue weighted by atomic mass is 10.2. The van der Waals surface area contributed by atoms with Crippen LogP contribution in [0.5, 0.6) is 0 Å². The van der Waals surface area contributed by atoms with Crippen molar-refractivity contribution in [2.75, 3.05) is 13.2 Å². The van der Waals surface area contributed by atoms with Crippen LogP contribution in [0.3, 0.4) is 0 Å². The molecule has 7 heteroatoms. The Morgan fingerprint density at radius 2 is 2.25 bits per heavy atom. The van der Waals surface area contributed by atoms with E-state index in [1.165, 1.54) is 0 Å². The molecular formula is C17H22N4O3. The third-order valence-corrected chi connectivity index (χ3v) is 4.01. The van der Waals surface area contributed by atoms with Crippen molar-refractivity contribution in [1.82, 2.24) is 20.4 Å². The van der Waals surface area contributed by atoms with E-state index < -0.39 is 0 Å². The molecule has 7 nitrogen and oxygen atoms in total. The van der Waals surface area contributed by atoms with Crippen molar-refractivity contribution in [2.45, 2.75) is 39.0 Å². The van der Waals surface area contributed by atoms with E-state index in [4.69, 9.17) is 9.26 Å². The highest BCUT2D eigenvalue weighted by molar-refractivity contribution is 5.75. The average Bonchev–Trinajstić information content (AvgIpc) is 3.27. The van der Waals surface area contributed by atoms with Crippen LogP contribution >= 0.6 is 0 Å². The first-order valence-corrected chi connectivity index (χ1v) is 8.26. The SMILES string of the molecule is CCOCc1nc(C2CCCN2C(=O)NCc2ccccc2)no1. The number of nitrogens with one attached hydrogen (secondary N) is 1. The maximum atomic E-state index is 12.5. The minimum Gasteiger partial charge on any atom is -0.372 e. The number of hydrogen-bond donors (Lipinski definition) is 1. The van der Waals surface area contributed by atoms with E-state index in [1.54, 1.807) is 4.90 Å². The number of hydrogen-bond acceptors (Lipinski definition) is 5. The first-order valence-electron chi connectivity index (χ1n) is 8.26. The second kappa shape index (κ2) is 7.92. The Morgan fingerprint density at radius 3 is 3.04 bits per heavy atom. The summed E-state index contributed by atoms with van der Waals surface area (Å²) in [5.74, 6) is 1.00.